The molecule has 1 heterocycles. The number of epoxide rings is 1. The molecule has 0 aromatic heterocycles. The quantitative estimate of drug-likeness (QED) is 0.646. The van der Waals surface area contributed by atoms with E-state index in [-0.39, 0.29) is 6.10 Å². The molecule has 0 bridgehead atoms. The molecule has 0 spiro atoms. The van der Waals surface area contributed by atoms with Crippen LogP contribution in [0.3, 0.4) is 0 Å². The highest BCUT2D eigenvalue weighted by molar-refractivity contribution is 7.87. The molecule has 1 aliphatic heterocycles. The molecule has 0 radical (unpaired) electrons. The first-order valence-electron chi connectivity index (χ1n) is 5.98. The van der Waals surface area contributed by atoms with Crippen molar-refractivity contribution in [2.75, 3.05) is 6.61 Å². The summed E-state index contributed by atoms with van der Waals surface area (Å²) < 4.78 is 62.2. The second-order valence-corrected chi connectivity index (χ2v) is 6.08. The summed E-state index contributed by atoms with van der Waals surface area (Å²) in [6.45, 7) is 2.02. The third kappa shape index (κ3) is 3.36. The number of hydrogen-bond acceptors (Lipinski definition) is 5. The van der Waals surface area contributed by atoms with Crippen LogP contribution in [-0.2, 0) is 19.6 Å². The maximum absolute atomic E-state index is 13.0. The second kappa shape index (κ2) is 5.32. The minimum Gasteiger partial charge on any atom is -0.743 e. The Bertz CT molecular complexity index is 640. The monoisotopic (exact) mass is 320 g/mol. The van der Waals surface area contributed by atoms with E-state index in [0.717, 1.165) is 5.56 Å². The summed E-state index contributed by atoms with van der Waals surface area (Å²) in [5.41, 5.74) is 1.41. The second-order valence-electron chi connectivity index (χ2n) is 4.65. The van der Waals surface area contributed by atoms with E-state index in [1.54, 1.807) is 24.3 Å². The minimum atomic E-state index is -6.05. The summed E-state index contributed by atoms with van der Waals surface area (Å²) in [4.78, 5) is 11.2. The van der Waals surface area contributed by atoms with Crippen LogP contribution in [0.25, 0.3) is 0 Å². The highest BCUT2D eigenvalue weighted by Gasteiger charge is 2.47. The number of nitrogens with one attached hydrogen (secondary N) is 1. The van der Waals surface area contributed by atoms with Crippen LogP contribution in [0, 0.1) is 0 Å². The number of rotatable bonds is 5. The van der Waals surface area contributed by atoms with Crippen LogP contribution in [-0.4, -0.2) is 30.7 Å². The molecule has 116 valence electrons. The Morgan fingerprint density at radius 1 is 1.43 bits per heavy atom. The molecule has 1 aromatic rings. The van der Waals surface area contributed by atoms with E-state index in [1.807, 2.05) is 5.32 Å². The largest absolute Gasteiger partial charge is 0.743 e. The number of ether oxygens (including phenoxy) is 1. The number of carbonyl (C=O) groups excluding carboxylic acids is 1. The highest BCUT2D eigenvalue weighted by Crippen LogP contribution is 2.30. The van der Waals surface area contributed by atoms with Crippen LogP contribution in [0.5, 0.6) is 0 Å². The predicted molar refractivity (Wildman–Crippen MR) is 66.3 cm³/mol. The summed E-state index contributed by atoms with van der Waals surface area (Å²) in [5.74, 6) is -2.14. The molecule has 0 saturated carbocycles. The standard InChI is InChI=1S/C12H13F2NO5S/c1-7(15-11(16)12(13,14)21(17,18)19)8-2-4-9(5-3-8)10-6-20-10/h2-5,7,10H,6H2,1H3,(H,15,16)(H,17,18,19)/p-1. The molecule has 1 saturated heterocycles. The molecule has 21 heavy (non-hydrogen) atoms. The van der Waals surface area contributed by atoms with Crippen LogP contribution in [0.1, 0.15) is 30.2 Å². The summed E-state index contributed by atoms with van der Waals surface area (Å²) in [5, 5.41) is -3.19. The Hall–Kier alpha value is -1.58. The van der Waals surface area contributed by atoms with Gasteiger partial charge in [0.1, 0.15) is 6.10 Å². The Balaban J connectivity index is 2.06. The summed E-state index contributed by atoms with van der Waals surface area (Å²) in [6, 6.07) is 5.77. The minimum absolute atomic E-state index is 0.0406. The molecule has 1 aliphatic rings. The van der Waals surface area contributed by atoms with Crippen molar-refractivity contribution in [3.8, 4) is 0 Å². The average molecular weight is 320 g/mol. The fraction of sp³-hybridized carbons (Fsp3) is 0.417. The summed E-state index contributed by atoms with van der Waals surface area (Å²) >= 11 is 0. The molecule has 9 heteroatoms. The van der Waals surface area contributed by atoms with Gasteiger partial charge in [0.2, 0.25) is 0 Å². The molecule has 1 aromatic carbocycles. The van der Waals surface area contributed by atoms with Gasteiger partial charge in [-0.3, -0.25) is 4.79 Å². The van der Waals surface area contributed by atoms with E-state index in [9.17, 15) is 26.5 Å². The van der Waals surface area contributed by atoms with Crippen molar-refractivity contribution in [3.05, 3.63) is 35.4 Å². The van der Waals surface area contributed by atoms with E-state index in [0.29, 0.717) is 12.2 Å². The summed E-state index contributed by atoms with van der Waals surface area (Å²) in [6.07, 6.45) is 0.0406. The van der Waals surface area contributed by atoms with E-state index in [1.165, 1.54) is 6.92 Å². The van der Waals surface area contributed by atoms with Crippen LogP contribution in [0.4, 0.5) is 8.78 Å². The van der Waals surface area contributed by atoms with Gasteiger partial charge in [-0.05, 0) is 18.1 Å². The fourth-order valence-corrected chi connectivity index (χ4v) is 2.00. The predicted octanol–water partition coefficient (Wildman–Crippen LogP) is 1.07. The van der Waals surface area contributed by atoms with Crippen molar-refractivity contribution in [1.82, 2.24) is 5.32 Å². The molecule has 2 unspecified atom stereocenters. The van der Waals surface area contributed by atoms with Gasteiger partial charge in [-0.15, -0.1) is 0 Å². The zero-order chi connectivity index (χ0) is 15.8. The topological polar surface area (TPSA) is 98.8 Å². The SMILES string of the molecule is CC(NC(=O)C(F)(F)S(=O)(=O)[O-])c1ccc(C2CO2)cc1. The van der Waals surface area contributed by atoms with Gasteiger partial charge in [0, 0.05) is 0 Å². The van der Waals surface area contributed by atoms with Gasteiger partial charge >= 0.3 is 11.2 Å². The van der Waals surface area contributed by atoms with Gasteiger partial charge in [-0.2, -0.15) is 8.78 Å². The van der Waals surface area contributed by atoms with Gasteiger partial charge in [-0.25, -0.2) is 8.42 Å². The molecule has 2 atom stereocenters. The Morgan fingerprint density at radius 2 is 1.95 bits per heavy atom. The van der Waals surface area contributed by atoms with Gasteiger partial charge in [0.15, 0.2) is 10.1 Å². The zero-order valence-corrected chi connectivity index (χ0v) is 11.7. The van der Waals surface area contributed by atoms with Crippen molar-refractivity contribution in [2.24, 2.45) is 0 Å². The van der Waals surface area contributed by atoms with Gasteiger partial charge < -0.3 is 14.6 Å². The van der Waals surface area contributed by atoms with Crippen molar-refractivity contribution in [3.63, 3.8) is 0 Å². The van der Waals surface area contributed by atoms with E-state index >= 15 is 0 Å². The zero-order valence-electron chi connectivity index (χ0n) is 10.9. The first kappa shape index (κ1) is 15.8. The number of benzene rings is 1. The van der Waals surface area contributed by atoms with E-state index < -0.39 is 27.3 Å². The smallest absolute Gasteiger partial charge is 0.410 e. The molecular formula is C12H12F2NO5S-. The fourth-order valence-electron chi connectivity index (χ4n) is 1.72. The Morgan fingerprint density at radius 3 is 2.38 bits per heavy atom. The van der Waals surface area contributed by atoms with Crippen LogP contribution >= 0.6 is 0 Å². The Kier molecular flexibility index (Phi) is 4.00. The van der Waals surface area contributed by atoms with Gasteiger partial charge in [0.05, 0.1) is 12.6 Å². The van der Waals surface area contributed by atoms with Gasteiger partial charge in [0.25, 0.3) is 0 Å². The van der Waals surface area contributed by atoms with Crippen molar-refractivity contribution >= 4 is 16.0 Å². The van der Waals surface area contributed by atoms with Crippen LogP contribution in [0.2, 0.25) is 0 Å². The maximum Gasteiger partial charge on any atom is 0.410 e. The third-order valence-electron chi connectivity index (χ3n) is 3.07. The lowest BCUT2D eigenvalue weighted by Crippen LogP contribution is -2.46. The molecule has 6 nitrogen and oxygen atoms in total. The third-order valence-corrected chi connectivity index (χ3v) is 3.88. The van der Waals surface area contributed by atoms with Gasteiger partial charge in [-0.1, -0.05) is 24.3 Å². The lowest BCUT2D eigenvalue weighted by Gasteiger charge is -2.22. The van der Waals surface area contributed by atoms with Crippen LogP contribution < -0.4 is 5.32 Å². The van der Waals surface area contributed by atoms with E-state index in [2.05, 4.69) is 0 Å². The number of amides is 1. The van der Waals surface area contributed by atoms with Crippen molar-refractivity contribution in [2.45, 2.75) is 24.3 Å². The number of halogens is 2. The number of carbonyl (C=O) groups is 1. The molecule has 2 rings (SSSR count). The molecule has 1 amide bonds. The van der Waals surface area contributed by atoms with Crippen molar-refractivity contribution in [1.29, 1.82) is 0 Å². The first-order chi connectivity index (χ1) is 9.63. The molecule has 1 fully saturated rings. The lowest BCUT2D eigenvalue weighted by molar-refractivity contribution is -0.136. The molecule has 0 aliphatic carbocycles. The normalized spacial score (nSPS) is 19.9. The number of alkyl halides is 2. The Labute approximate surface area is 119 Å². The van der Waals surface area contributed by atoms with Crippen molar-refractivity contribution < 1.29 is 31.3 Å². The van der Waals surface area contributed by atoms with Crippen LogP contribution in [0.15, 0.2) is 24.3 Å². The lowest BCUT2D eigenvalue weighted by atomic mass is 10.0. The number of hydrogen-bond donors (Lipinski definition) is 1. The maximum atomic E-state index is 13.0. The highest BCUT2D eigenvalue weighted by atomic mass is 32.2. The summed E-state index contributed by atoms with van der Waals surface area (Å²) in [7, 11) is -6.05. The van der Waals surface area contributed by atoms with E-state index in [4.69, 9.17) is 4.74 Å². The average Bonchev–Trinajstić information content (AvgIpc) is 3.21. The first-order valence-corrected chi connectivity index (χ1v) is 7.39. The molecular weight excluding hydrogens is 308 g/mol. The molecule has 1 N–H and O–H groups in total.